The van der Waals surface area contributed by atoms with Crippen molar-refractivity contribution in [1.29, 1.82) is 5.41 Å². The summed E-state index contributed by atoms with van der Waals surface area (Å²) in [6.07, 6.45) is 2.84. The second-order valence-electron chi connectivity index (χ2n) is 3.55. The number of hydroxylamine groups is 1. The second-order valence-corrected chi connectivity index (χ2v) is 3.55. The molecule has 0 bridgehead atoms. The molecule has 7 heteroatoms. The maximum Gasteiger partial charge on any atom is 0.248 e. The molecule has 2 aromatic rings. The lowest BCUT2D eigenvalue weighted by atomic mass is 10.3. The molecule has 94 valence electrons. The number of nitrogens with two attached hydrogens (primary N) is 1. The molecule has 0 aliphatic carbocycles. The predicted molar refractivity (Wildman–Crippen MR) is 67.0 cm³/mol. The third-order valence-electron chi connectivity index (χ3n) is 2.34. The molecular formula is C11H13N5O2. The fraction of sp³-hybridized carbons (Fsp3) is 0.0909. The first-order valence-corrected chi connectivity index (χ1v) is 5.14. The van der Waals surface area contributed by atoms with Gasteiger partial charge in [-0.25, -0.2) is 4.68 Å². The number of rotatable bonds is 2. The van der Waals surface area contributed by atoms with Crippen molar-refractivity contribution in [2.45, 2.75) is 0 Å². The van der Waals surface area contributed by atoms with Gasteiger partial charge in [-0.1, -0.05) is 0 Å². The highest BCUT2D eigenvalue weighted by molar-refractivity contribution is 5.92. The van der Waals surface area contributed by atoms with E-state index >= 15 is 0 Å². The van der Waals surface area contributed by atoms with Gasteiger partial charge in [0.15, 0.2) is 0 Å². The Morgan fingerprint density at radius 1 is 1.44 bits per heavy atom. The minimum atomic E-state index is -0.225. The highest BCUT2D eigenvalue weighted by Gasteiger charge is 2.12. The first-order valence-electron chi connectivity index (χ1n) is 5.14. The number of hydrogen-bond donors (Lipinski definition) is 3. The molecule has 0 spiro atoms. The van der Waals surface area contributed by atoms with Gasteiger partial charge in [0.1, 0.15) is 5.75 Å². The molecule has 0 aliphatic rings. The van der Waals surface area contributed by atoms with Gasteiger partial charge >= 0.3 is 0 Å². The Bertz CT molecular complexity index is 549. The summed E-state index contributed by atoms with van der Waals surface area (Å²) in [4.78, 5) is 0. The van der Waals surface area contributed by atoms with Gasteiger partial charge in [0.25, 0.3) is 0 Å². The monoisotopic (exact) mass is 247 g/mol. The number of nitrogens with zero attached hydrogens (tertiary/aromatic N) is 3. The Morgan fingerprint density at radius 2 is 2.11 bits per heavy atom. The Morgan fingerprint density at radius 3 is 2.61 bits per heavy atom. The van der Waals surface area contributed by atoms with Gasteiger partial charge in [-0.2, -0.15) is 10.2 Å². The minimum absolute atomic E-state index is 0.225. The van der Waals surface area contributed by atoms with E-state index in [1.807, 2.05) is 0 Å². The van der Waals surface area contributed by atoms with Crippen LogP contribution in [0.5, 0.6) is 5.75 Å². The van der Waals surface area contributed by atoms with E-state index in [1.54, 1.807) is 31.4 Å². The number of anilines is 2. The SMILES string of the molecule is COc1ccc(N(O)C(=N)n2cc(N)cn2)cc1. The molecule has 0 fully saturated rings. The lowest BCUT2D eigenvalue weighted by Gasteiger charge is -2.17. The number of nitrogens with one attached hydrogen (secondary N) is 1. The number of ether oxygens (including phenoxy) is 1. The van der Waals surface area contributed by atoms with Crippen LogP contribution < -0.4 is 15.5 Å². The van der Waals surface area contributed by atoms with Crippen LogP contribution in [-0.2, 0) is 0 Å². The van der Waals surface area contributed by atoms with Crippen LogP contribution in [0.15, 0.2) is 36.7 Å². The van der Waals surface area contributed by atoms with Crippen molar-refractivity contribution < 1.29 is 9.94 Å². The topological polar surface area (TPSA) is 100 Å². The summed E-state index contributed by atoms with van der Waals surface area (Å²) in [5, 5.41) is 22.2. The van der Waals surface area contributed by atoms with Gasteiger partial charge in [-0.3, -0.25) is 10.6 Å². The van der Waals surface area contributed by atoms with Crippen molar-refractivity contribution in [3.05, 3.63) is 36.7 Å². The van der Waals surface area contributed by atoms with E-state index in [-0.39, 0.29) is 5.96 Å². The maximum atomic E-state index is 9.88. The first kappa shape index (κ1) is 11.9. The van der Waals surface area contributed by atoms with E-state index in [1.165, 1.54) is 17.1 Å². The van der Waals surface area contributed by atoms with Crippen molar-refractivity contribution >= 4 is 17.3 Å². The summed E-state index contributed by atoms with van der Waals surface area (Å²) in [6.45, 7) is 0. The molecule has 1 heterocycles. The fourth-order valence-corrected chi connectivity index (χ4v) is 1.40. The molecular weight excluding hydrogens is 234 g/mol. The van der Waals surface area contributed by atoms with Gasteiger partial charge in [-0.05, 0) is 24.3 Å². The standard InChI is InChI=1S/C11H13N5O2/c1-18-10-4-2-9(3-5-10)16(17)11(13)15-7-8(12)6-14-15/h2-7,13,17H,12H2,1H3. The fourth-order valence-electron chi connectivity index (χ4n) is 1.40. The van der Waals surface area contributed by atoms with Gasteiger partial charge in [0, 0.05) is 0 Å². The number of hydrogen-bond acceptors (Lipinski definition) is 5. The van der Waals surface area contributed by atoms with Crippen molar-refractivity contribution in [1.82, 2.24) is 9.78 Å². The van der Waals surface area contributed by atoms with Gasteiger partial charge < -0.3 is 10.5 Å². The van der Waals surface area contributed by atoms with Crippen LogP contribution in [0.1, 0.15) is 0 Å². The molecule has 0 amide bonds. The minimum Gasteiger partial charge on any atom is -0.497 e. The van der Waals surface area contributed by atoms with Crippen LogP contribution in [0.3, 0.4) is 0 Å². The number of methoxy groups -OCH3 is 1. The maximum absolute atomic E-state index is 9.88. The van der Waals surface area contributed by atoms with Crippen molar-refractivity contribution in [2.75, 3.05) is 17.9 Å². The largest absolute Gasteiger partial charge is 0.497 e. The Hall–Kier alpha value is -2.54. The van der Waals surface area contributed by atoms with Gasteiger partial charge in [-0.15, -0.1) is 0 Å². The number of aromatic nitrogens is 2. The van der Waals surface area contributed by atoms with Crippen LogP contribution in [0.4, 0.5) is 11.4 Å². The highest BCUT2D eigenvalue weighted by atomic mass is 16.5. The zero-order valence-electron chi connectivity index (χ0n) is 9.74. The average molecular weight is 247 g/mol. The molecule has 7 nitrogen and oxygen atoms in total. The molecule has 4 N–H and O–H groups in total. The van der Waals surface area contributed by atoms with Gasteiger partial charge in [0.05, 0.1) is 30.9 Å². The van der Waals surface area contributed by atoms with Crippen LogP contribution >= 0.6 is 0 Å². The predicted octanol–water partition coefficient (Wildman–Crippen LogP) is 1.15. The summed E-state index contributed by atoms with van der Waals surface area (Å²) in [7, 11) is 1.56. The normalized spacial score (nSPS) is 10.1. The summed E-state index contributed by atoms with van der Waals surface area (Å²) in [5.74, 6) is 0.443. The smallest absolute Gasteiger partial charge is 0.248 e. The number of nitrogen functional groups attached to an aromatic ring is 1. The van der Waals surface area contributed by atoms with Crippen molar-refractivity contribution in [3.8, 4) is 5.75 Å². The Labute approximate surface area is 103 Å². The average Bonchev–Trinajstić information content (AvgIpc) is 2.84. The van der Waals surface area contributed by atoms with Crippen molar-refractivity contribution in [2.24, 2.45) is 0 Å². The third kappa shape index (κ3) is 2.25. The number of benzene rings is 1. The quantitative estimate of drug-likeness (QED) is 0.420. The third-order valence-corrected chi connectivity index (χ3v) is 2.34. The Kier molecular flexibility index (Phi) is 3.16. The van der Waals surface area contributed by atoms with Crippen LogP contribution in [-0.4, -0.2) is 28.1 Å². The van der Waals surface area contributed by atoms with E-state index in [2.05, 4.69) is 5.10 Å². The highest BCUT2D eigenvalue weighted by Crippen LogP contribution is 2.18. The van der Waals surface area contributed by atoms with Crippen LogP contribution in [0, 0.1) is 5.41 Å². The van der Waals surface area contributed by atoms with E-state index in [0.29, 0.717) is 22.2 Å². The summed E-state index contributed by atoms with van der Waals surface area (Å²) in [5.41, 5.74) is 6.34. The van der Waals surface area contributed by atoms with E-state index in [9.17, 15) is 5.21 Å². The zero-order chi connectivity index (χ0) is 13.1. The first-order chi connectivity index (χ1) is 8.61. The molecule has 0 aliphatic heterocycles. The molecule has 0 radical (unpaired) electrons. The van der Waals surface area contributed by atoms with E-state index < -0.39 is 0 Å². The Balaban J connectivity index is 2.19. The molecule has 18 heavy (non-hydrogen) atoms. The molecule has 1 aromatic carbocycles. The van der Waals surface area contributed by atoms with Crippen molar-refractivity contribution in [3.63, 3.8) is 0 Å². The lowest BCUT2D eigenvalue weighted by Crippen LogP contribution is -2.32. The van der Waals surface area contributed by atoms with Gasteiger partial charge in [0.2, 0.25) is 5.96 Å². The lowest BCUT2D eigenvalue weighted by molar-refractivity contribution is 0.306. The summed E-state index contributed by atoms with van der Waals surface area (Å²) < 4.78 is 6.18. The molecule has 2 rings (SSSR count). The molecule has 0 atom stereocenters. The van der Waals surface area contributed by atoms with E-state index in [4.69, 9.17) is 15.9 Å². The molecule has 1 aromatic heterocycles. The van der Waals surface area contributed by atoms with Crippen LogP contribution in [0.2, 0.25) is 0 Å². The molecule has 0 saturated carbocycles. The summed E-state index contributed by atoms with van der Waals surface area (Å²) >= 11 is 0. The second kappa shape index (κ2) is 4.76. The van der Waals surface area contributed by atoms with Crippen LogP contribution in [0.25, 0.3) is 0 Å². The molecule has 0 unspecified atom stereocenters. The summed E-state index contributed by atoms with van der Waals surface area (Å²) in [6, 6.07) is 6.62. The zero-order valence-corrected chi connectivity index (χ0v) is 9.74. The molecule has 0 saturated heterocycles. The van der Waals surface area contributed by atoms with E-state index in [0.717, 1.165) is 0 Å².